The van der Waals surface area contributed by atoms with Gasteiger partial charge in [-0.1, -0.05) is 36.4 Å². The third kappa shape index (κ3) is 2.03. The summed E-state index contributed by atoms with van der Waals surface area (Å²) in [6.45, 7) is 0.482. The van der Waals surface area contributed by atoms with Crippen molar-refractivity contribution in [3.05, 3.63) is 71.3 Å². The van der Waals surface area contributed by atoms with Crippen molar-refractivity contribution in [1.29, 1.82) is 0 Å². The van der Waals surface area contributed by atoms with Crippen LogP contribution in [-0.2, 0) is 4.79 Å². The van der Waals surface area contributed by atoms with Gasteiger partial charge in [-0.15, -0.1) is 0 Å². The number of hydrogen-bond donors (Lipinski definition) is 1. The summed E-state index contributed by atoms with van der Waals surface area (Å²) in [6.07, 6.45) is 3.98. The van der Waals surface area contributed by atoms with Crippen molar-refractivity contribution in [2.45, 2.75) is 0 Å². The SMILES string of the molecule is O=C1Nc2ccccc2/C1=C\C1=Cc2ccccc2OC1. The van der Waals surface area contributed by atoms with Gasteiger partial charge in [0.25, 0.3) is 5.91 Å². The fourth-order valence-corrected chi connectivity index (χ4v) is 2.68. The zero-order valence-corrected chi connectivity index (χ0v) is 11.3. The second-order valence-electron chi connectivity index (χ2n) is 5.10. The van der Waals surface area contributed by atoms with Crippen molar-refractivity contribution in [2.24, 2.45) is 0 Å². The molecular formula is C18H13NO2. The number of rotatable bonds is 1. The normalized spacial score (nSPS) is 17.6. The molecule has 2 aromatic rings. The predicted octanol–water partition coefficient (Wildman–Crippen LogP) is 3.50. The summed E-state index contributed by atoms with van der Waals surface area (Å²) in [4.78, 5) is 12.1. The Labute approximate surface area is 122 Å². The molecule has 0 atom stereocenters. The van der Waals surface area contributed by atoms with Crippen molar-refractivity contribution < 1.29 is 9.53 Å². The van der Waals surface area contributed by atoms with Gasteiger partial charge in [-0.05, 0) is 29.9 Å². The van der Waals surface area contributed by atoms with Crippen LogP contribution in [0, 0.1) is 0 Å². The Morgan fingerprint density at radius 3 is 2.81 bits per heavy atom. The van der Waals surface area contributed by atoms with Gasteiger partial charge in [0.05, 0.1) is 0 Å². The lowest BCUT2D eigenvalue weighted by Gasteiger charge is -2.16. The molecule has 0 aliphatic carbocycles. The van der Waals surface area contributed by atoms with Gasteiger partial charge in [0.1, 0.15) is 12.4 Å². The maximum atomic E-state index is 12.1. The summed E-state index contributed by atoms with van der Waals surface area (Å²) < 4.78 is 5.72. The van der Waals surface area contributed by atoms with E-state index in [1.54, 1.807) is 0 Å². The Morgan fingerprint density at radius 2 is 1.86 bits per heavy atom. The number of carbonyl (C=O) groups is 1. The quantitative estimate of drug-likeness (QED) is 0.809. The molecule has 0 unspecified atom stereocenters. The van der Waals surface area contributed by atoms with E-state index in [2.05, 4.69) is 11.4 Å². The van der Waals surface area contributed by atoms with E-state index in [0.29, 0.717) is 12.2 Å². The average Bonchev–Trinajstić information content (AvgIpc) is 2.83. The first-order chi connectivity index (χ1) is 10.3. The number of hydrogen-bond acceptors (Lipinski definition) is 2. The molecule has 3 nitrogen and oxygen atoms in total. The molecule has 1 N–H and O–H groups in total. The van der Waals surface area contributed by atoms with Crippen LogP contribution in [0.4, 0.5) is 5.69 Å². The minimum Gasteiger partial charge on any atom is -0.488 e. The maximum Gasteiger partial charge on any atom is 0.256 e. The monoisotopic (exact) mass is 275 g/mol. The summed E-state index contributed by atoms with van der Waals surface area (Å²) in [5.41, 5.74) is 4.55. The largest absolute Gasteiger partial charge is 0.488 e. The van der Waals surface area contributed by atoms with Gasteiger partial charge in [-0.2, -0.15) is 0 Å². The highest BCUT2D eigenvalue weighted by molar-refractivity contribution is 6.31. The molecular weight excluding hydrogens is 262 g/mol. The third-order valence-corrected chi connectivity index (χ3v) is 3.69. The molecule has 0 saturated carbocycles. The van der Waals surface area contributed by atoms with E-state index in [1.807, 2.05) is 54.6 Å². The fourth-order valence-electron chi connectivity index (χ4n) is 2.68. The van der Waals surface area contributed by atoms with Crippen LogP contribution in [0.5, 0.6) is 5.75 Å². The van der Waals surface area contributed by atoms with Crippen LogP contribution in [0.1, 0.15) is 11.1 Å². The highest BCUT2D eigenvalue weighted by atomic mass is 16.5. The number of amides is 1. The van der Waals surface area contributed by atoms with Crippen LogP contribution in [-0.4, -0.2) is 12.5 Å². The number of nitrogens with one attached hydrogen (secondary N) is 1. The van der Waals surface area contributed by atoms with Crippen molar-refractivity contribution in [2.75, 3.05) is 11.9 Å². The molecule has 21 heavy (non-hydrogen) atoms. The minimum absolute atomic E-state index is 0.0593. The summed E-state index contributed by atoms with van der Waals surface area (Å²) in [5, 5.41) is 2.88. The van der Waals surface area contributed by atoms with Crippen molar-refractivity contribution in [3.8, 4) is 5.75 Å². The molecule has 102 valence electrons. The van der Waals surface area contributed by atoms with E-state index in [9.17, 15) is 4.79 Å². The maximum absolute atomic E-state index is 12.1. The molecule has 4 rings (SSSR count). The Morgan fingerprint density at radius 1 is 1.05 bits per heavy atom. The van der Waals surface area contributed by atoms with E-state index < -0.39 is 0 Å². The van der Waals surface area contributed by atoms with Gasteiger partial charge in [-0.3, -0.25) is 4.79 Å². The van der Waals surface area contributed by atoms with Gasteiger partial charge in [0.15, 0.2) is 0 Å². The van der Waals surface area contributed by atoms with E-state index in [0.717, 1.165) is 28.1 Å². The van der Waals surface area contributed by atoms with Crippen molar-refractivity contribution in [3.63, 3.8) is 0 Å². The molecule has 3 heteroatoms. The number of ether oxygens (including phenoxy) is 1. The molecule has 0 bridgehead atoms. The Bertz CT molecular complexity index is 802. The summed E-state index contributed by atoms with van der Waals surface area (Å²) in [6, 6.07) is 15.6. The molecule has 0 aromatic heterocycles. The molecule has 0 spiro atoms. The van der Waals surface area contributed by atoms with E-state index in [-0.39, 0.29) is 5.91 Å². The topological polar surface area (TPSA) is 38.3 Å². The van der Waals surface area contributed by atoms with Crippen LogP contribution in [0.2, 0.25) is 0 Å². The van der Waals surface area contributed by atoms with Crippen molar-refractivity contribution in [1.82, 2.24) is 0 Å². The molecule has 1 amide bonds. The first-order valence-corrected chi connectivity index (χ1v) is 6.86. The smallest absolute Gasteiger partial charge is 0.256 e. The average molecular weight is 275 g/mol. The van der Waals surface area contributed by atoms with Crippen LogP contribution in [0.15, 0.2) is 60.2 Å². The zero-order chi connectivity index (χ0) is 14.2. The van der Waals surface area contributed by atoms with Crippen LogP contribution < -0.4 is 10.1 Å². The summed E-state index contributed by atoms with van der Waals surface area (Å²) >= 11 is 0. The number of carbonyl (C=O) groups excluding carboxylic acids is 1. The Balaban J connectivity index is 1.76. The second kappa shape index (κ2) is 4.63. The molecule has 2 aromatic carbocycles. The van der Waals surface area contributed by atoms with Gasteiger partial charge in [0.2, 0.25) is 0 Å². The molecule has 0 saturated heterocycles. The van der Waals surface area contributed by atoms with Crippen LogP contribution >= 0.6 is 0 Å². The lowest BCUT2D eigenvalue weighted by molar-refractivity contribution is -0.110. The molecule has 0 fully saturated rings. The van der Waals surface area contributed by atoms with Crippen LogP contribution in [0.3, 0.4) is 0 Å². The molecule has 2 heterocycles. The lowest BCUT2D eigenvalue weighted by Crippen LogP contribution is -2.08. The van der Waals surface area contributed by atoms with Gasteiger partial charge >= 0.3 is 0 Å². The Kier molecular flexibility index (Phi) is 2.64. The predicted molar refractivity (Wildman–Crippen MR) is 83.0 cm³/mol. The highest BCUT2D eigenvalue weighted by Gasteiger charge is 2.24. The van der Waals surface area contributed by atoms with Gasteiger partial charge in [0, 0.05) is 22.4 Å². The highest BCUT2D eigenvalue weighted by Crippen LogP contribution is 2.33. The van der Waals surface area contributed by atoms with E-state index >= 15 is 0 Å². The molecule has 0 radical (unpaired) electrons. The molecule has 2 aliphatic rings. The van der Waals surface area contributed by atoms with E-state index in [1.165, 1.54) is 0 Å². The van der Waals surface area contributed by atoms with Gasteiger partial charge < -0.3 is 10.1 Å². The lowest BCUT2D eigenvalue weighted by atomic mass is 10.0. The number of fused-ring (bicyclic) bond motifs is 2. The first-order valence-electron chi connectivity index (χ1n) is 6.86. The van der Waals surface area contributed by atoms with Gasteiger partial charge in [-0.25, -0.2) is 0 Å². The fraction of sp³-hybridized carbons (Fsp3) is 0.0556. The number of benzene rings is 2. The number of anilines is 1. The zero-order valence-electron chi connectivity index (χ0n) is 11.3. The van der Waals surface area contributed by atoms with Crippen molar-refractivity contribution >= 4 is 23.2 Å². The number of para-hydroxylation sites is 2. The Hall–Kier alpha value is -2.81. The summed E-state index contributed by atoms with van der Waals surface area (Å²) in [7, 11) is 0. The standard InChI is InChI=1S/C18H13NO2/c20-18-15(14-6-2-3-7-16(14)19-18)10-12-9-13-5-1-4-8-17(13)21-11-12/h1-10H,11H2,(H,19,20)/b15-10+. The second-order valence-corrected chi connectivity index (χ2v) is 5.10. The van der Waals surface area contributed by atoms with Crippen LogP contribution in [0.25, 0.3) is 11.6 Å². The molecule has 2 aliphatic heterocycles. The third-order valence-electron chi connectivity index (χ3n) is 3.69. The summed E-state index contributed by atoms with van der Waals surface area (Å²) in [5.74, 6) is 0.826. The first kappa shape index (κ1) is 12.0. The minimum atomic E-state index is -0.0593. The van der Waals surface area contributed by atoms with E-state index in [4.69, 9.17) is 4.74 Å².